The number of alkyl halides is 3. The second-order valence-corrected chi connectivity index (χ2v) is 4.78. The topological polar surface area (TPSA) is 47.5 Å². The fourth-order valence-electron chi connectivity index (χ4n) is 2.14. The van der Waals surface area contributed by atoms with E-state index < -0.39 is 11.7 Å². The highest BCUT2D eigenvalue weighted by molar-refractivity contribution is 5.68. The third-order valence-corrected chi connectivity index (χ3v) is 3.17. The smallest absolute Gasteiger partial charge is 0.421 e. The highest BCUT2D eigenvalue weighted by Gasteiger charge is 2.37. The number of anilines is 2. The van der Waals surface area contributed by atoms with Crippen LogP contribution in [0.15, 0.2) is 30.5 Å². The molecular formula is C16H18F3N3O2. The monoisotopic (exact) mass is 341 g/mol. The van der Waals surface area contributed by atoms with Crippen molar-refractivity contribution in [3.63, 3.8) is 0 Å². The normalized spacial score (nSPS) is 11.2. The van der Waals surface area contributed by atoms with Crippen LogP contribution in [0.2, 0.25) is 0 Å². The highest BCUT2D eigenvalue weighted by Crippen LogP contribution is 2.39. The van der Waals surface area contributed by atoms with Gasteiger partial charge in [0.15, 0.2) is 5.82 Å². The lowest BCUT2D eigenvalue weighted by Gasteiger charge is -2.24. The van der Waals surface area contributed by atoms with Gasteiger partial charge in [0.25, 0.3) is 0 Å². The molecule has 24 heavy (non-hydrogen) atoms. The molecule has 0 bridgehead atoms. The van der Waals surface area contributed by atoms with Crippen molar-refractivity contribution in [3.05, 3.63) is 36.0 Å². The van der Waals surface area contributed by atoms with Crippen LogP contribution in [0.1, 0.15) is 19.4 Å². The van der Waals surface area contributed by atoms with E-state index in [1.165, 1.54) is 11.9 Å². The fraction of sp³-hybridized carbons (Fsp3) is 0.375. The van der Waals surface area contributed by atoms with Gasteiger partial charge in [0.05, 0.1) is 18.9 Å². The maximum atomic E-state index is 13.3. The largest absolute Gasteiger partial charge is 0.492 e. The zero-order valence-corrected chi connectivity index (χ0v) is 13.6. The van der Waals surface area contributed by atoms with Crippen molar-refractivity contribution in [1.29, 1.82) is 0 Å². The lowest BCUT2D eigenvalue weighted by molar-refractivity contribution is -0.137. The van der Waals surface area contributed by atoms with E-state index in [0.29, 0.717) is 18.0 Å². The predicted octanol–water partition coefficient (Wildman–Crippen LogP) is 4.06. The van der Waals surface area contributed by atoms with E-state index in [1.807, 2.05) is 0 Å². The van der Waals surface area contributed by atoms with Crippen molar-refractivity contribution in [3.8, 4) is 11.8 Å². The fourth-order valence-corrected chi connectivity index (χ4v) is 2.14. The molecule has 0 spiro atoms. The van der Waals surface area contributed by atoms with Gasteiger partial charge in [-0.25, -0.2) is 4.98 Å². The van der Waals surface area contributed by atoms with Gasteiger partial charge in [0.1, 0.15) is 11.3 Å². The van der Waals surface area contributed by atoms with Gasteiger partial charge in [0, 0.05) is 13.2 Å². The zero-order chi connectivity index (χ0) is 17.7. The maximum Gasteiger partial charge on any atom is 0.421 e. The summed E-state index contributed by atoms with van der Waals surface area (Å²) in [5.41, 5.74) is -0.481. The first-order valence-corrected chi connectivity index (χ1v) is 7.41. The van der Waals surface area contributed by atoms with Crippen molar-refractivity contribution in [2.75, 3.05) is 25.2 Å². The Morgan fingerprint density at radius 3 is 2.38 bits per heavy atom. The molecule has 2 rings (SSSR count). The van der Waals surface area contributed by atoms with Crippen LogP contribution < -0.4 is 14.4 Å². The van der Waals surface area contributed by atoms with Crippen molar-refractivity contribution < 1.29 is 22.6 Å². The molecule has 1 aromatic heterocycles. The molecule has 0 atom stereocenters. The van der Waals surface area contributed by atoms with Gasteiger partial charge in [-0.2, -0.15) is 18.2 Å². The number of aromatic nitrogens is 2. The van der Waals surface area contributed by atoms with Gasteiger partial charge < -0.3 is 14.4 Å². The Morgan fingerprint density at radius 1 is 1.08 bits per heavy atom. The van der Waals surface area contributed by atoms with Gasteiger partial charge in [-0.3, -0.25) is 0 Å². The Kier molecular flexibility index (Phi) is 5.48. The predicted molar refractivity (Wildman–Crippen MR) is 83.9 cm³/mol. The summed E-state index contributed by atoms with van der Waals surface area (Å²) < 4.78 is 50.6. The van der Waals surface area contributed by atoms with E-state index in [-0.39, 0.29) is 18.4 Å². The minimum atomic E-state index is -4.59. The third-order valence-electron chi connectivity index (χ3n) is 3.17. The van der Waals surface area contributed by atoms with Gasteiger partial charge in [0.2, 0.25) is 0 Å². The highest BCUT2D eigenvalue weighted by atomic mass is 19.4. The number of rotatable bonds is 6. The van der Waals surface area contributed by atoms with E-state index in [9.17, 15) is 13.2 Å². The van der Waals surface area contributed by atoms with E-state index >= 15 is 0 Å². The van der Waals surface area contributed by atoms with Crippen LogP contribution in [0.4, 0.5) is 24.7 Å². The summed E-state index contributed by atoms with van der Waals surface area (Å²) in [6.07, 6.45) is -3.86. The van der Waals surface area contributed by atoms with E-state index in [0.717, 1.165) is 6.20 Å². The molecule has 2 aromatic rings. The molecule has 1 aromatic carbocycles. The van der Waals surface area contributed by atoms with Gasteiger partial charge >= 0.3 is 12.2 Å². The van der Waals surface area contributed by atoms with Crippen molar-refractivity contribution in [2.45, 2.75) is 20.0 Å². The summed E-state index contributed by atoms with van der Waals surface area (Å²) in [5, 5.41) is 0. The molecule has 0 aliphatic heterocycles. The van der Waals surface area contributed by atoms with Crippen molar-refractivity contribution in [1.82, 2.24) is 9.97 Å². The first-order valence-electron chi connectivity index (χ1n) is 7.41. The van der Waals surface area contributed by atoms with Crippen LogP contribution in [0.5, 0.6) is 11.8 Å². The van der Waals surface area contributed by atoms with Crippen LogP contribution >= 0.6 is 0 Å². The molecule has 5 nitrogen and oxygen atoms in total. The zero-order valence-electron chi connectivity index (χ0n) is 13.6. The molecular weight excluding hydrogens is 323 g/mol. The summed E-state index contributed by atoms with van der Waals surface area (Å²) in [7, 11) is 1.49. The third kappa shape index (κ3) is 3.87. The first-order chi connectivity index (χ1) is 11.4. The maximum absolute atomic E-state index is 13.3. The summed E-state index contributed by atoms with van der Waals surface area (Å²) in [5.74, 6) is 0.167. The summed E-state index contributed by atoms with van der Waals surface area (Å²) in [6.45, 7) is 4.15. The SMILES string of the molecule is CCOc1ncc(C(F)(F)F)c(N(C)c2ccccc2OCC)n1. The average molecular weight is 341 g/mol. The number of halogens is 3. The average Bonchev–Trinajstić information content (AvgIpc) is 2.54. The number of hydrogen-bond donors (Lipinski definition) is 0. The molecule has 0 fully saturated rings. The number of ether oxygens (including phenoxy) is 2. The van der Waals surface area contributed by atoms with Crippen molar-refractivity contribution >= 4 is 11.5 Å². The second-order valence-electron chi connectivity index (χ2n) is 4.78. The van der Waals surface area contributed by atoms with E-state index in [1.54, 1.807) is 38.1 Å². The number of nitrogens with zero attached hydrogens (tertiary/aromatic N) is 3. The molecule has 0 aliphatic carbocycles. The molecule has 0 saturated carbocycles. The molecule has 0 saturated heterocycles. The Hall–Kier alpha value is -2.51. The van der Waals surface area contributed by atoms with E-state index in [4.69, 9.17) is 9.47 Å². The van der Waals surface area contributed by atoms with Crippen LogP contribution in [0.3, 0.4) is 0 Å². The Morgan fingerprint density at radius 2 is 1.75 bits per heavy atom. The molecule has 0 N–H and O–H groups in total. The molecule has 1 heterocycles. The number of benzene rings is 1. The van der Waals surface area contributed by atoms with Crippen LogP contribution in [-0.4, -0.2) is 30.2 Å². The summed E-state index contributed by atoms with van der Waals surface area (Å²) >= 11 is 0. The molecule has 0 amide bonds. The van der Waals surface area contributed by atoms with Gasteiger partial charge in [-0.15, -0.1) is 0 Å². The van der Waals surface area contributed by atoms with Crippen LogP contribution in [0, 0.1) is 0 Å². The minimum Gasteiger partial charge on any atom is -0.492 e. The van der Waals surface area contributed by atoms with Crippen molar-refractivity contribution in [2.24, 2.45) is 0 Å². The Bertz CT molecular complexity index is 693. The lowest BCUT2D eigenvalue weighted by Crippen LogP contribution is -2.20. The van der Waals surface area contributed by atoms with E-state index in [2.05, 4.69) is 9.97 Å². The van der Waals surface area contributed by atoms with Crippen LogP contribution in [-0.2, 0) is 6.18 Å². The van der Waals surface area contributed by atoms with Crippen LogP contribution in [0.25, 0.3) is 0 Å². The van der Waals surface area contributed by atoms with Gasteiger partial charge in [-0.1, -0.05) is 12.1 Å². The van der Waals surface area contributed by atoms with Gasteiger partial charge in [-0.05, 0) is 26.0 Å². The Labute approximate surface area is 138 Å². The number of para-hydroxylation sites is 2. The standard InChI is InChI=1S/C16H18F3N3O2/c1-4-23-13-9-7-6-8-12(13)22(3)14-11(16(17,18)19)10-20-15(21-14)24-5-2/h6-10H,4-5H2,1-3H3. The summed E-state index contributed by atoms with van der Waals surface area (Å²) in [6, 6.07) is 6.70. The molecule has 0 aliphatic rings. The summed E-state index contributed by atoms with van der Waals surface area (Å²) in [4.78, 5) is 8.86. The quantitative estimate of drug-likeness (QED) is 0.793. The lowest BCUT2D eigenvalue weighted by atomic mass is 10.2. The Balaban J connectivity index is 2.54. The molecule has 0 radical (unpaired) electrons. The first kappa shape index (κ1) is 17.8. The minimum absolute atomic E-state index is 0.110. The number of hydrogen-bond acceptors (Lipinski definition) is 5. The second kappa shape index (κ2) is 7.37. The molecule has 8 heteroatoms. The molecule has 130 valence electrons. The molecule has 0 unspecified atom stereocenters.